The maximum absolute atomic E-state index is 11.2. The topological polar surface area (TPSA) is 70.6 Å². The van der Waals surface area contributed by atoms with Gasteiger partial charge < -0.3 is 20.5 Å². The predicted octanol–water partition coefficient (Wildman–Crippen LogP) is -1.57. The van der Waals surface area contributed by atoms with Gasteiger partial charge in [0.1, 0.15) is 6.73 Å². The Balaban J connectivity index is 2.23. The second kappa shape index (κ2) is 4.39. The van der Waals surface area contributed by atoms with Crippen LogP contribution in [0.5, 0.6) is 0 Å². The number of aliphatic hydroxyl groups excluding tert-OH is 1. The second-order valence-electron chi connectivity index (χ2n) is 2.82. The van der Waals surface area contributed by atoms with Crippen LogP contribution in [0.3, 0.4) is 0 Å². The summed E-state index contributed by atoms with van der Waals surface area (Å²) in [4.78, 5) is 11.2. The lowest BCUT2D eigenvalue weighted by Gasteiger charge is -2.09. The number of hydrogen-bond acceptors (Lipinski definition) is 4. The molecule has 0 bridgehead atoms. The fourth-order valence-corrected chi connectivity index (χ4v) is 1.18. The number of aliphatic hydroxyl groups is 1. The van der Waals surface area contributed by atoms with Crippen LogP contribution in [0.1, 0.15) is 6.42 Å². The molecule has 0 spiro atoms. The fraction of sp³-hybridized carbons (Fsp3) is 0.857. The van der Waals surface area contributed by atoms with Gasteiger partial charge >= 0.3 is 0 Å². The number of amides is 1. The van der Waals surface area contributed by atoms with E-state index >= 15 is 0 Å². The Morgan fingerprint density at radius 3 is 3.08 bits per heavy atom. The summed E-state index contributed by atoms with van der Waals surface area (Å²) in [5.74, 6) is -0.117. The first-order valence-corrected chi connectivity index (χ1v) is 3.92. The molecule has 2 atom stereocenters. The molecule has 0 aromatic heterocycles. The van der Waals surface area contributed by atoms with Gasteiger partial charge in [-0.05, 0) is 6.42 Å². The molecule has 1 fully saturated rings. The van der Waals surface area contributed by atoms with E-state index in [0.717, 1.165) is 0 Å². The van der Waals surface area contributed by atoms with Crippen molar-refractivity contribution in [2.24, 2.45) is 0 Å². The van der Waals surface area contributed by atoms with Crippen LogP contribution < -0.4 is 10.6 Å². The standard InChI is InChI=1S/C7H14N2O3/c1-12-4-9-7(11)6-2-5(10)3-8-6/h5-6,8,10H,2-4H2,1H3,(H,9,11)/t5-,6-/m1/s1. The fourth-order valence-electron chi connectivity index (χ4n) is 1.18. The number of carbonyl (C=O) groups is 1. The summed E-state index contributed by atoms with van der Waals surface area (Å²) in [5, 5.41) is 14.6. The second-order valence-corrected chi connectivity index (χ2v) is 2.82. The van der Waals surface area contributed by atoms with Crippen LogP contribution in [0.4, 0.5) is 0 Å². The molecule has 5 heteroatoms. The molecule has 0 radical (unpaired) electrons. The zero-order valence-electron chi connectivity index (χ0n) is 7.04. The zero-order valence-corrected chi connectivity index (χ0v) is 7.04. The smallest absolute Gasteiger partial charge is 0.239 e. The minimum absolute atomic E-state index is 0.117. The van der Waals surface area contributed by atoms with E-state index in [1.807, 2.05) is 0 Å². The van der Waals surface area contributed by atoms with E-state index in [2.05, 4.69) is 15.4 Å². The monoisotopic (exact) mass is 174 g/mol. The molecule has 70 valence electrons. The molecule has 1 rings (SSSR count). The van der Waals surface area contributed by atoms with Gasteiger partial charge in [0.15, 0.2) is 0 Å². The molecular formula is C7H14N2O3. The Bertz CT molecular complexity index is 163. The lowest BCUT2D eigenvalue weighted by atomic mass is 10.2. The van der Waals surface area contributed by atoms with Gasteiger partial charge in [0, 0.05) is 13.7 Å². The average molecular weight is 174 g/mol. The zero-order chi connectivity index (χ0) is 8.97. The summed E-state index contributed by atoms with van der Waals surface area (Å²) in [5.41, 5.74) is 0. The van der Waals surface area contributed by atoms with Crippen molar-refractivity contribution in [3.8, 4) is 0 Å². The van der Waals surface area contributed by atoms with Gasteiger partial charge in [0.2, 0.25) is 5.91 Å². The van der Waals surface area contributed by atoms with E-state index in [-0.39, 0.29) is 18.7 Å². The van der Waals surface area contributed by atoms with Crippen LogP contribution in [0.15, 0.2) is 0 Å². The van der Waals surface area contributed by atoms with Gasteiger partial charge in [-0.1, -0.05) is 0 Å². The number of methoxy groups -OCH3 is 1. The highest BCUT2D eigenvalue weighted by Crippen LogP contribution is 2.05. The maximum Gasteiger partial charge on any atom is 0.239 e. The number of nitrogens with one attached hydrogen (secondary N) is 2. The first-order chi connectivity index (χ1) is 5.74. The molecule has 0 aromatic rings. The van der Waals surface area contributed by atoms with Crippen molar-refractivity contribution in [1.82, 2.24) is 10.6 Å². The Hall–Kier alpha value is -0.650. The van der Waals surface area contributed by atoms with Crippen molar-refractivity contribution in [3.63, 3.8) is 0 Å². The molecule has 0 unspecified atom stereocenters. The van der Waals surface area contributed by atoms with E-state index in [1.165, 1.54) is 7.11 Å². The first kappa shape index (κ1) is 9.44. The van der Waals surface area contributed by atoms with Gasteiger partial charge in [0.05, 0.1) is 12.1 Å². The Labute approximate surface area is 71.1 Å². The van der Waals surface area contributed by atoms with Crippen LogP contribution in [-0.4, -0.2) is 43.5 Å². The molecule has 0 aliphatic carbocycles. The van der Waals surface area contributed by atoms with E-state index in [4.69, 9.17) is 5.11 Å². The molecule has 1 aliphatic rings. The first-order valence-electron chi connectivity index (χ1n) is 3.92. The quantitative estimate of drug-likeness (QED) is 0.452. The van der Waals surface area contributed by atoms with Crippen molar-refractivity contribution in [3.05, 3.63) is 0 Å². The number of β-amino-alcohol motifs (C(OH)–C–C–N with tert-alkyl or cyclic N) is 1. The predicted molar refractivity (Wildman–Crippen MR) is 42.4 cm³/mol. The third kappa shape index (κ3) is 2.44. The number of hydrogen-bond donors (Lipinski definition) is 3. The van der Waals surface area contributed by atoms with Crippen molar-refractivity contribution < 1.29 is 14.6 Å². The number of carbonyl (C=O) groups excluding carboxylic acids is 1. The minimum Gasteiger partial charge on any atom is -0.392 e. The van der Waals surface area contributed by atoms with Crippen molar-refractivity contribution >= 4 is 5.91 Å². The summed E-state index contributed by atoms with van der Waals surface area (Å²) >= 11 is 0. The molecule has 12 heavy (non-hydrogen) atoms. The van der Waals surface area contributed by atoms with Gasteiger partial charge in [-0.2, -0.15) is 0 Å². The summed E-state index contributed by atoms with van der Waals surface area (Å²) in [7, 11) is 1.51. The minimum atomic E-state index is -0.400. The van der Waals surface area contributed by atoms with E-state index < -0.39 is 6.10 Å². The number of ether oxygens (including phenoxy) is 1. The highest BCUT2D eigenvalue weighted by Gasteiger charge is 2.27. The van der Waals surface area contributed by atoms with E-state index in [1.54, 1.807) is 0 Å². The third-order valence-corrected chi connectivity index (χ3v) is 1.81. The van der Waals surface area contributed by atoms with Crippen LogP contribution >= 0.6 is 0 Å². The Morgan fingerprint density at radius 2 is 2.58 bits per heavy atom. The van der Waals surface area contributed by atoms with Crippen LogP contribution in [0.25, 0.3) is 0 Å². The van der Waals surface area contributed by atoms with Crippen molar-refractivity contribution in [2.75, 3.05) is 20.4 Å². The maximum atomic E-state index is 11.2. The van der Waals surface area contributed by atoms with Crippen LogP contribution in [-0.2, 0) is 9.53 Å². The lowest BCUT2D eigenvalue weighted by molar-refractivity contribution is -0.124. The highest BCUT2D eigenvalue weighted by molar-refractivity contribution is 5.81. The molecule has 1 heterocycles. The summed E-state index contributed by atoms with van der Waals surface area (Å²) in [6.07, 6.45) is 0.0820. The van der Waals surface area contributed by atoms with E-state index in [0.29, 0.717) is 13.0 Å². The molecule has 0 saturated carbocycles. The SMILES string of the molecule is COCNC(=O)[C@H]1C[C@@H](O)CN1. The molecule has 3 N–H and O–H groups in total. The molecular weight excluding hydrogens is 160 g/mol. The van der Waals surface area contributed by atoms with Gasteiger partial charge in [-0.25, -0.2) is 0 Å². The average Bonchev–Trinajstić information content (AvgIpc) is 2.47. The summed E-state index contributed by atoms with van der Waals surface area (Å²) in [6.45, 7) is 0.707. The highest BCUT2D eigenvalue weighted by atomic mass is 16.5. The molecule has 0 aromatic carbocycles. The molecule has 5 nitrogen and oxygen atoms in total. The van der Waals surface area contributed by atoms with Gasteiger partial charge in [-0.15, -0.1) is 0 Å². The van der Waals surface area contributed by atoms with Gasteiger partial charge in [0.25, 0.3) is 0 Å². The van der Waals surface area contributed by atoms with Crippen LogP contribution in [0.2, 0.25) is 0 Å². The molecule has 1 saturated heterocycles. The Morgan fingerprint density at radius 1 is 1.83 bits per heavy atom. The summed E-state index contributed by atoms with van der Waals surface area (Å²) in [6, 6.07) is -0.268. The molecule has 1 aliphatic heterocycles. The van der Waals surface area contributed by atoms with E-state index in [9.17, 15) is 4.79 Å². The van der Waals surface area contributed by atoms with Crippen molar-refractivity contribution in [2.45, 2.75) is 18.6 Å². The lowest BCUT2D eigenvalue weighted by Crippen LogP contribution is -2.41. The van der Waals surface area contributed by atoms with Crippen molar-refractivity contribution in [1.29, 1.82) is 0 Å². The van der Waals surface area contributed by atoms with Crippen LogP contribution in [0, 0.1) is 0 Å². The molecule has 1 amide bonds. The Kier molecular flexibility index (Phi) is 3.46. The largest absolute Gasteiger partial charge is 0.392 e. The van der Waals surface area contributed by atoms with Gasteiger partial charge in [-0.3, -0.25) is 4.79 Å². The third-order valence-electron chi connectivity index (χ3n) is 1.81. The summed E-state index contributed by atoms with van der Waals surface area (Å²) < 4.78 is 4.68. The number of rotatable bonds is 3. The normalized spacial score (nSPS) is 28.8.